The number of hydrogen-bond acceptors (Lipinski definition) is 4. The first kappa shape index (κ1) is 22.1. The van der Waals surface area contributed by atoms with Crippen molar-refractivity contribution in [1.29, 1.82) is 0 Å². The van der Waals surface area contributed by atoms with E-state index in [4.69, 9.17) is 4.55 Å². The average Bonchev–Trinajstić information content (AvgIpc) is 2.56. The van der Waals surface area contributed by atoms with Crippen molar-refractivity contribution in [3.8, 4) is 0 Å². The van der Waals surface area contributed by atoms with Crippen LogP contribution in [0.2, 0.25) is 0 Å². The van der Waals surface area contributed by atoms with Crippen molar-refractivity contribution >= 4 is 18.0 Å². The quantitative estimate of drug-likeness (QED) is 0.299. The summed E-state index contributed by atoms with van der Waals surface area (Å²) in [7, 11) is -9.87. The smallest absolute Gasteiger partial charge is 0.273 e. The van der Waals surface area contributed by atoms with E-state index in [-0.39, 0.29) is 4.90 Å². The predicted octanol–water partition coefficient (Wildman–Crippen LogP) is 4.73. The topological polar surface area (TPSA) is 88.5 Å². The van der Waals surface area contributed by atoms with Crippen molar-refractivity contribution in [1.82, 2.24) is 0 Å². The summed E-state index contributed by atoms with van der Waals surface area (Å²) in [5.74, 6) is 0. The molecule has 0 saturated carbocycles. The molecular formula is C18H30O5S2. The molecule has 0 spiro atoms. The normalized spacial score (nSPS) is 12.4. The van der Waals surface area contributed by atoms with E-state index in [1.807, 2.05) is 0 Å². The van der Waals surface area contributed by atoms with Crippen LogP contribution in [0, 0.1) is 0 Å². The zero-order chi connectivity index (χ0) is 18.8. The molecule has 25 heavy (non-hydrogen) atoms. The maximum absolute atomic E-state index is 11.7. The second-order valence-electron chi connectivity index (χ2n) is 6.46. The van der Waals surface area contributed by atoms with Gasteiger partial charge in [-0.15, -0.1) is 0 Å². The van der Waals surface area contributed by atoms with Crippen molar-refractivity contribution < 1.29 is 21.4 Å². The summed E-state index contributed by atoms with van der Waals surface area (Å²) in [4.78, 5) is -0.375. The summed E-state index contributed by atoms with van der Waals surface area (Å²) < 4.78 is 54.2. The Morgan fingerprint density at radius 3 is 1.84 bits per heavy atom. The lowest BCUT2D eigenvalue weighted by Gasteiger charge is -2.05. The van der Waals surface area contributed by atoms with Gasteiger partial charge in [-0.1, -0.05) is 76.8 Å². The molecule has 0 aliphatic rings. The number of benzene rings is 1. The fourth-order valence-corrected chi connectivity index (χ4v) is 4.62. The highest BCUT2D eigenvalue weighted by atomic mass is 33.2. The summed E-state index contributed by atoms with van der Waals surface area (Å²) in [6.45, 7) is 2.22. The van der Waals surface area contributed by atoms with Crippen LogP contribution >= 0.6 is 0 Å². The molecule has 0 aromatic heterocycles. The van der Waals surface area contributed by atoms with E-state index in [2.05, 4.69) is 6.92 Å². The van der Waals surface area contributed by atoms with Crippen LogP contribution in [0.15, 0.2) is 29.2 Å². The maximum Gasteiger partial charge on any atom is 0.377 e. The highest BCUT2D eigenvalue weighted by Gasteiger charge is 2.29. The number of hydrogen-bond donors (Lipinski definition) is 1. The van der Waals surface area contributed by atoms with E-state index in [0.29, 0.717) is 6.42 Å². The van der Waals surface area contributed by atoms with Gasteiger partial charge >= 0.3 is 18.0 Å². The largest absolute Gasteiger partial charge is 0.377 e. The molecule has 0 heterocycles. The Balaban J connectivity index is 2.32. The minimum absolute atomic E-state index is 0.375. The molecule has 0 radical (unpaired) electrons. The zero-order valence-electron chi connectivity index (χ0n) is 15.0. The molecule has 0 atom stereocenters. The van der Waals surface area contributed by atoms with Gasteiger partial charge in [0.05, 0.1) is 4.90 Å². The average molecular weight is 391 g/mol. The van der Waals surface area contributed by atoms with Crippen molar-refractivity contribution in [2.24, 2.45) is 0 Å². The summed E-state index contributed by atoms with van der Waals surface area (Å²) in [6.07, 6.45) is 12.9. The third-order valence-electron chi connectivity index (χ3n) is 4.28. The minimum Gasteiger partial charge on any atom is -0.273 e. The Morgan fingerprint density at radius 1 is 0.800 bits per heavy atom. The lowest BCUT2D eigenvalue weighted by molar-refractivity contribution is 0.493. The Bertz CT molecular complexity index is 709. The van der Waals surface area contributed by atoms with Gasteiger partial charge in [0.25, 0.3) is 0 Å². The lowest BCUT2D eigenvalue weighted by atomic mass is 10.0. The molecule has 0 amide bonds. The Morgan fingerprint density at radius 2 is 1.32 bits per heavy atom. The molecule has 1 aromatic carbocycles. The van der Waals surface area contributed by atoms with Gasteiger partial charge in [0.15, 0.2) is 0 Å². The summed E-state index contributed by atoms with van der Waals surface area (Å²) in [5, 5.41) is 0. The molecule has 0 unspecified atom stereocenters. The highest BCUT2D eigenvalue weighted by molar-refractivity contribution is 8.64. The molecule has 1 rings (SSSR count). The van der Waals surface area contributed by atoms with E-state index < -0.39 is 18.0 Å². The molecule has 7 heteroatoms. The first-order valence-corrected chi connectivity index (χ1v) is 12.5. The van der Waals surface area contributed by atoms with Crippen molar-refractivity contribution in [2.75, 3.05) is 0 Å². The van der Waals surface area contributed by atoms with Crippen molar-refractivity contribution in [2.45, 2.75) is 82.4 Å². The summed E-state index contributed by atoms with van der Waals surface area (Å²) in [5.41, 5.74) is 0.768. The van der Waals surface area contributed by atoms with Crippen molar-refractivity contribution in [3.63, 3.8) is 0 Å². The van der Waals surface area contributed by atoms with Gasteiger partial charge in [0.2, 0.25) is 0 Å². The van der Waals surface area contributed by atoms with Crippen molar-refractivity contribution in [3.05, 3.63) is 29.8 Å². The lowest BCUT2D eigenvalue weighted by Crippen LogP contribution is -2.14. The molecule has 1 N–H and O–H groups in total. The standard InChI is InChI=1S/C18H30O5S2/c1-2-3-4-5-6-7-8-9-10-11-13-17-14-12-15-18(16-17)24(19,20)25(21,22)23/h12,14-16H,2-11,13H2,1H3,(H,21,22,23). The van der Waals surface area contributed by atoms with Gasteiger partial charge in [-0.25, -0.2) is 8.42 Å². The van der Waals surface area contributed by atoms with Crippen LogP contribution in [-0.2, 0) is 24.4 Å². The van der Waals surface area contributed by atoms with Crippen LogP contribution in [0.5, 0.6) is 0 Å². The van der Waals surface area contributed by atoms with E-state index in [1.165, 1.54) is 63.1 Å². The molecule has 0 aliphatic carbocycles. The molecule has 144 valence electrons. The molecular weight excluding hydrogens is 360 g/mol. The SMILES string of the molecule is CCCCCCCCCCCCc1cccc(S(=O)(=O)S(=O)(=O)O)c1. The molecule has 0 saturated heterocycles. The van der Waals surface area contributed by atoms with Gasteiger partial charge in [0, 0.05) is 0 Å². The molecule has 0 fully saturated rings. The van der Waals surface area contributed by atoms with Crippen LogP contribution in [0.1, 0.15) is 76.7 Å². The van der Waals surface area contributed by atoms with Gasteiger partial charge in [0.1, 0.15) is 0 Å². The van der Waals surface area contributed by atoms with Gasteiger partial charge in [-0.3, -0.25) is 4.55 Å². The number of unbranched alkanes of at least 4 members (excludes halogenated alkanes) is 9. The van der Waals surface area contributed by atoms with Gasteiger partial charge < -0.3 is 0 Å². The molecule has 0 aliphatic heterocycles. The zero-order valence-corrected chi connectivity index (χ0v) is 16.6. The third-order valence-corrected chi connectivity index (χ3v) is 7.91. The molecule has 5 nitrogen and oxygen atoms in total. The van der Waals surface area contributed by atoms with E-state index in [9.17, 15) is 16.8 Å². The van der Waals surface area contributed by atoms with E-state index >= 15 is 0 Å². The fraction of sp³-hybridized carbons (Fsp3) is 0.667. The summed E-state index contributed by atoms with van der Waals surface area (Å²) >= 11 is 0. The Kier molecular flexibility index (Phi) is 9.67. The molecule has 0 bridgehead atoms. The molecule has 1 aromatic rings. The Labute approximate surface area is 151 Å². The van der Waals surface area contributed by atoms with E-state index in [0.717, 1.165) is 24.8 Å². The first-order valence-electron chi connectivity index (χ1n) is 9.10. The van der Waals surface area contributed by atoms with Crippen LogP contribution in [0.25, 0.3) is 0 Å². The van der Waals surface area contributed by atoms with Crippen LogP contribution in [-0.4, -0.2) is 21.4 Å². The Hall–Kier alpha value is -0.920. The monoisotopic (exact) mass is 390 g/mol. The van der Waals surface area contributed by atoms with Crippen LogP contribution in [0.3, 0.4) is 0 Å². The van der Waals surface area contributed by atoms with E-state index in [1.54, 1.807) is 6.07 Å². The van der Waals surface area contributed by atoms with Crippen LogP contribution < -0.4 is 0 Å². The third kappa shape index (κ3) is 7.88. The first-order chi connectivity index (χ1) is 11.8. The number of aryl methyl sites for hydroxylation is 1. The fourth-order valence-electron chi connectivity index (χ4n) is 2.79. The minimum atomic E-state index is -5.14. The number of rotatable bonds is 13. The highest BCUT2D eigenvalue weighted by Crippen LogP contribution is 2.19. The maximum atomic E-state index is 11.7. The second-order valence-corrected chi connectivity index (χ2v) is 11.3. The van der Waals surface area contributed by atoms with Gasteiger partial charge in [-0.2, -0.15) is 8.42 Å². The van der Waals surface area contributed by atoms with Gasteiger partial charge in [-0.05, 0) is 30.5 Å². The predicted molar refractivity (Wildman–Crippen MR) is 101 cm³/mol. The summed E-state index contributed by atoms with van der Waals surface area (Å²) in [6, 6.07) is 5.79. The van der Waals surface area contributed by atoms with Crippen LogP contribution in [0.4, 0.5) is 0 Å². The second kappa shape index (κ2) is 10.9.